The monoisotopic (exact) mass is 170 g/mol. The van der Waals surface area contributed by atoms with E-state index in [4.69, 9.17) is 9.84 Å². The van der Waals surface area contributed by atoms with Gasteiger partial charge in [-0.15, -0.1) is 6.58 Å². The molecule has 12 heavy (non-hydrogen) atoms. The number of esters is 1. The second-order valence-corrected chi connectivity index (χ2v) is 2.28. The molecule has 1 N–H and O–H groups in total. The molecule has 0 aromatic carbocycles. The fourth-order valence-corrected chi connectivity index (χ4v) is 0.741. The quantitative estimate of drug-likeness (QED) is 0.303. The Balaban J connectivity index is 4.42. The maximum Gasteiger partial charge on any atom is 0.337 e. The third-order valence-corrected chi connectivity index (χ3v) is 1.31. The van der Waals surface area contributed by atoms with Crippen molar-refractivity contribution in [3.8, 4) is 0 Å². The molecule has 0 spiro atoms. The van der Waals surface area contributed by atoms with Gasteiger partial charge in [-0.2, -0.15) is 0 Å². The molecule has 0 aliphatic heterocycles. The smallest absolute Gasteiger partial charge is 0.337 e. The van der Waals surface area contributed by atoms with Crippen molar-refractivity contribution in [3.63, 3.8) is 0 Å². The fraction of sp³-hybridized carbons (Fsp3) is 0.444. The van der Waals surface area contributed by atoms with Gasteiger partial charge in [-0.05, 0) is 13.8 Å². The van der Waals surface area contributed by atoms with E-state index in [1.807, 2.05) is 0 Å². The first-order valence-corrected chi connectivity index (χ1v) is 3.80. The van der Waals surface area contributed by atoms with Crippen molar-refractivity contribution < 1.29 is 14.6 Å². The van der Waals surface area contributed by atoms with E-state index in [0.29, 0.717) is 13.0 Å². The fourth-order valence-electron chi connectivity index (χ4n) is 0.741. The summed E-state index contributed by atoms with van der Waals surface area (Å²) >= 11 is 0. The SMILES string of the molecule is C=CC/C(C(=O)OCC)=C(/C)O. The average Bonchev–Trinajstić information content (AvgIpc) is 1.99. The van der Waals surface area contributed by atoms with Crippen LogP contribution in [0.1, 0.15) is 20.3 Å². The molecule has 3 nitrogen and oxygen atoms in total. The Kier molecular flexibility index (Phi) is 4.84. The van der Waals surface area contributed by atoms with Crippen LogP contribution in [-0.4, -0.2) is 17.7 Å². The molecule has 0 radical (unpaired) electrons. The molecule has 0 aliphatic rings. The summed E-state index contributed by atoms with van der Waals surface area (Å²) < 4.78 is 4.71. The number of hydrogen-bond acceptors (Lipinski definition) is 3. The zero-order valence-electron chi connectivity index (χ0n) is 7.46. The van der Waals surface area contributed by atoms with Crippen LogP contribution < -0.4 is 0 Å². The zero-order chi connectivity index (χ0) is 9.56. The Labute approximate surface area is 72.3 Å². The molecule has 0 heterocycles. The molecule has 0 aliphatic carbocycles. The molecule has 3 heteroatoms. The maximum absolute atomic E-state index is 11.1. The van der Waals surface area contributed by atoms with E-state index in [-0.39, 0.29) is 11.3 Å². The lowest BCUT2D eigenvalue weighted by molar-refractivity contribution is -0.138. The van der Waals surface area contributed by atoms with Crippen LogP contribution in [0.15, 0.2) is 24.0 Å². The lowest BCUT2D eigenvalue weighted by atomic mass is 10.1. The third kappa shape index (κ3) is 3.23. The second kappa shape index (κ2) is 5.41. The van der Waals surface area contributed by atoms with E-state index in [9.17, 15) is 4.79 Å². The Hall–Kier alpha value is -1.25. The predicted octanol–water partition coefficient (Wildman–Crippen LogP) is 1.96. The Morgan fingerprint density at radius 1 is 1.67 bits per heavy atom. The largest absolute Gasteiger partial charge is 0.512 e. The van der Waals surface area contributed by atoms with Crippen LogP contribution in [-0.2, 0) is 9.53 Å². The molecule has 68 valence electrons. The van der Waals surface area contributed by atoms with Gasteiger partial charge in [0.2, 0.25) is 0 Å². The van der Waals surface area contributed by atoms with Gasteiger partial charge >= 0.3 is 5.97 Å². The lowest BCUT2D eigenvalue weighted by Crippen LogP contribution is -2.09. The van der Waals surface area contributed by atoms with E-state index in [2.05, 4.69) is 6.58 Å². The second-order valence-electron chi connectivity index (χ2n) is 2.28. The summed E-state index contributed by atoms with van der Waals surface area (Å²) in [5.74, 6) is -0.481. The van der Waals surface area contributed by atoms with Crippen molar-refractivity contribution in [3.05, 3.63) is 24.0 Å². The minimum Gasteiger partial charge on any atom is -0.512 e. The highest BCUT2D eigenvalue weighted by molar-refractivity contribution is 5.89. The third-order valence-electron chi connectivity index (χ3n) is 1.31. The van der Waals surface area contributed by atoms with Crippen LogP contribution in [0, 0.1) is 0 Å². The summed E-state index contributed by atoms with van der Waals surface area (Å²) in [6.45, 7) is 6.96. The van der Waals surface area contributed by atoms with Crippen molar-refractivity contribution in [2.75, 3.05) is 6.61 Å². The van der Waals surface area contributed by atoms with Gasteiger partial charge in [-0.25, -0.2) is 4.79 Å². The molecule has 0 aromatic heterocycles. The summed E-state index contributed by atoms with van der Waals surface area (Å²) in [5.41, 5.74) is 0.270. The van der Waals surface area contributed by atoms with Crippen LogP contribution in [0.25, 0.3) is 0 Å². The zero-order valence-corrected chi connectivity index (χ0v) is 7.46. The summed E-state index contributed by atoms with van der Waals surface area (Å²) in [6.07, 6.45) is 1.88. The molecular weight excluding hydrogens is 156 g/mol. The summed E-state index contributed by atoms with van der Waals surface area (Å²) in [6, 6.07) is 0. The topological polar surface area (TPSA) is 46.5 Å². The normalized spacial score (nSPS) is 11.8. The maximum atomic E-state index is 11.1. The van der Waals surface area contributed by atoms with Gasteiger partial charge in [-0.1, -0.05) is 6.08 Å². The Morgan fingerprint density at radius 3 is 2.58 bits per heavy atom. The van der Waals surface area contributed by atoms with Gasteiger partial charge in [0.1, 0.15) is 0 Å². The highest BCUT2D eigenvalue weighted by Crippen LogP contribution is 2.08. The van der Waals surface area contributed by atoms with Crippen LogP contribution >= 0.6 is 0 Å². The number of ether oxygens (including phenoxy) is 1. The molecule has 0 amide bonds. The number of aliphatic hydroxyl groups is 1. The first-order valence-electron chi connectivity index (χ1n) is 3.80. The minimum absolute atomic E-state index is 0.00616. The molecular formula is C9H14O3. The molecule has 0 unspecified atom stereocenters. The number of aliphatic hydroxyl groups excluding tert-OH is 1. The van der Waals surface area contributed by atoms with E-state index in [0.717, 1.165) is 0 Å². The number of hydrogen-bond donors (Lipinski definition) is 1. The molecule has 0 saturated carbocycles. The average molecular weight is 170 g/mol. The molecule has 0 aromatic rings. The number of rotatable bonds is 4. The lowest BCUT2D eigenvalue weighted by Gasteiger charge is -2.04. The van der Waals surface area contributed by atoms with Crippen molar-refractivity contribution >= 4 is 5.97 Å². The van der Waals surface area contributed by atoms with Gasteiger partial charge in [0.25, 0.3) is 0 Å². The van der Waals surface area contributed by atoms with E-state index >= 15 is 0 Å². The Bertz CT molecular complexity index is 200. The molecule has 0 saturated heterocycles. The van der Waals surface area contributed by atoms with Gasteiger partial charge in [0.05, 0.1) is 17.9 Å². The highest BCUT2D eigenvalue weighted by Gasteiger charge is 2.11. The number of carbonyl (C=O) groups excluding carboxylic acids is 1. The Morgan fingerprint density at radius 2 is 2.25 bits per heavy atom. The van der Waals surface area contributed by atoms with Crippen LogP contribution in [0.5, 0.6) is 0 Å². The van der Waals surface area contributed by atoms with Crippen molar-refractivity contribution in [2.45, 2.75) is 20.3 Å². The summed E-state index contributed by atoms with van der Waals surface area (Å²) in [5, 5.41) is 9.07. The van der Waals surface area contributed by atoms with Crippen LogP contribution in [0.3, 0.4) is 0 Å². The first-order chi connectivity index (χ1) is 5.63. The standard InChI is InChI=1S/C9H14O3/c1-4-6-8(7(3)10)9(11)12-5-2/h4,10H,1,5-6H2,2-3H3/b8-7+. The van der Waals surface area contributed by atoms with Gasteiger partial charge < -0.3 is 9.84 Å². The molecule has 0 rings (SSSR count). The van der Waals surface area contributed by atoms with E-state index in [1.165, 1.54) is 6.92 Å². The summed E-state index contributed by atoms with van der Waals surface area (Å²) in [4.78, 5) is 11.1. The highest BCUT2D eigenvalue weighted by atomic mass is 16.5. The van der Waals surface area contributed by atoms with Crippen molar-refractivity contribution in [2.24, 2.45) is 0 Å². The van der Waals surface area contributed by atoms with Gasteiger partial charge in [-0.3, -0.25) is 0 Å². The van der Waals surface area contributed by atoms with Gasteiger partial charge in [0, 0.05) is 6.42 Å². The number of allylic oxidation sites excluding steroid dienone is 2. The van der Waals surface area contributed by atoms with Crippen molar-refractivity contribution in [1.82, 2.24) is 0 Å². The molecule has 0 bridgehead atoms. The van der Waals surface area contributed by atoms with Crippen molar-refractivity contribution in [1.29, 1.82) is 0 Å². The van der Waals surface area contributed by atoms with Crippen LogP contribution in [0.2, 0.25) is 0 Å². The van der Waals surface area contributed by atoms with Gasteiger partial charge in [0.15, 0.2) is 0 Å². The van der Waals surface area contributed by atoms with E-state index < -0.39 is 5.97 Å². The first kappa shape index (κ1) is 10.8. The minimum atomic E-state index is -0.475. The molecule has 0 atom stereocenters. The van der Waals surface area contributed by atoms with Crippen LogP contribution in [0.4, 0.5) is 0 Å². The molecule has 0 fully saturated rings. The summed E-state index contributed by atoms with van der Waals surface area (Å²) in [7, 11) is 0. The van der Waals surface area contributed by atoms with E-state index in [1.54, 1.807) is 13.0 Å². The predicted molar refractivity (Wildman–Crippen MR) is 46.8 cm³/mol. The number of carbonyl (C=O) groups is 1.